The Kier molecular flexibility index (Phi) is 10.6. The molecular weight excluding hydrogens is 646 g/mol. The number of nitrogens with one attached hydrogen (secondary N) is 1. The maximum absolute atomic E-state index is 14.6. The van der Waals surface area contributed by atoms with Gasteiger partial charge in [-0.05, 0) is 36.5 Å². The topological polar surface area (TPSA) is 122 Å². The van der Waals surface area contributed by atoms with Crippen molar-refractivity contribution in [1.82, 2.24) is 15.1 Å². The number of benzene rings is 4. The molecule has 0 spiro atoms. The van der Waals surface area contributed by atoms with Gasteiger partial charge in [-0.15, -0.1) is 0 Å². The van der Waals surface area contributed by atoms with E-state index in [1.807, 2.05) is 105 Å². The fraction of sp³-hybridized carbons (Fsp3) is 0.293. The van der Waals surface area contributed by atoms with Crippen LogP contribution in [0.15, 0.2) is 115 Å². The van der Waals surface area contributed by atoms with E-state index in [0.717, 1.165) is 16.7 Å². The molecule has 51 heavy (non-hydrogen) atoms. The lowest BCUT2D eigenvalue weighted by Crippen LogP contribution is -2.52. The highest BCUT2D eigenvalue weighted by atomic mass is 16.6. The molecule has 2 aliphatic rings. The predicted octanol–water partition coefficient (Wildman–Crippen LogP) is 6.94. The largest absolute Gasteiger partial charge is 0.445 e. The Labute approximate surface area is 297 Å². The van der Waals surface area contributed by atoms with Crippen LogP contribution in [0, 0.1) is 11.8 Å². The monoisotopic (exact) mass is 687 g/mol. The van der Waals surface area contributed by atoms with Crippen molar-refractivity contribution in [1.29, 1.82) is 0 Å². The van der Waals surface area contributed by atoms with Crippen LogP contribution >= 0.6 is 0 Å². The molecule has 10 heteroatoms. The van der Waals surface area contributed by atoms with Gasteiger partial charge in [-0.2, -0.15) is 0 Å². The van der Waals surface area contributed by atoms with E-state index in [0.29, 0.717) is 24.0 Å². The Balaban J connectivity index is 1.23. The summed E-state index contributed by atoms with van der Waals surface area (Å²) in [5.41, 5.74) is 1.76. The number of nitrogens with zero attached hydrogens (tertiary/aromatic N) is 2. The number of cyclic esters (lactones) is 1. The molecule has 5 amide bonds. The first kappa shape index (κ1) is 35.1. The van der Waals surface area contributed by atoms with Gasteiger partial charge in [-0.1, -0.05) is 123 Å². The molecular formula is C41H41N3O7. The summed E-state index contributed by atoms with van der Waals surface area (Å²) in [6.45, 7) is 4.02. The number of alkyl carbamates (subject to hydrolysis) is 1. The summed E-state index contributed by atoms with van der Waals surface area (Å²) >= 11 is 0. The molecule has 1 N–H and O–H groups in total. The third-order valence-corrected chi connectivity index (χ3v) is 9.53. The number of rotatable bonds is 13. The van der Waals surface area contributed by atoms with Gasteiger partial charge in [0.15, 0.2) is 5.60 Å². The molecule has 0 aliphatic carbocycles. The number of ether oxygens (including phenoxy) is 2. The number of carbonyl (C=O) groups excluding carboxylic acids is 5. The van der Waals surface area contributed by atoms with Gasteiger partial charge >= 0.3 is 12.2 Å². The van der Waals surface area contributed by atoms with Crippen LogP contribution in [0.5, 0.6) is 0 Å². The van der Waals surface area contributed by atoms with Crippen molar-refractivity contribution in [2.24, 2.45) is 11.8 Å². The number of hydrogen-bond donors (Lipinski definition) is 1. The molecule has 2 atom stereocenters. The van der Waals surface area contributed by atoms with Crippen LogP contribution in [-0.4, -0.2) is 58.8 Å². The second kappa shape index (κ2) is 15.4. The Bertz CT molecular complexity index is 1810. The number of unbranched alkanes of at least 4 members (excludes halogenated alkanes) is 1. The number of hydrogen-bond acceptors (Lipinski definition) is 7. The minimum absolute atomic E-state index is 0.0517. The van der Waals surface area contributed by atoms with Gasteiger partial charge < -0.3 is 14.8 Å². The molecule has 2 heterocycles. The predicted molar refractivity (Wildman–Crippen MR) is 189 cm³/mol. The first-order valence-electron chi connectivity index (χ1n) is 17.3. The lowest BCUT2D eigenvalue weighted by atomic mass is 9.75. The van der Waals surface area contributed by atoms with Crippen molar-refractivity contribution >= 4 is 29.9 Å². The van der Waals surface area contributed by atoms with Crippen molar-refractivity contribution in [3.63, 3.8) is 0 Å². The van der Waals surface area contributed by atoms with Gasteiger partial charge in [0.05, 0.1) is 23.1 Å². The van der Waals surface area contributed by atoms with E-state index in [9.17, 15) is 24.0 Å². The van der Waals surface area contributed by atoms with Gasteiger partial charge in [0, 0.05) is 24.2 Å². The standard InChI is InChI=1S/C41H41N3O7/c1-28(2)35-41(31-19-8-4-9-20-31,32-21-10-5-11-22-32)51-40(49)44(35)36(45)30(26-42-39(48)50-27-29-16-6-3-7-17-29)18-14-15-25-43-37(46)33-23-12-13-24-34(33)38(43)47/h3-13,16-17,19-24,28,30,35H,14-15,18,25-27H2,1-2H3,(H,42,48)/t30-,35+/m0/s1. The van der Waals surface area contributed by atoms with Crippen LogP contribution in [-0.2, 0) is 26.5 Å². The SMILES string of the molecule is CC(C)[C@H]1N(C(=O)[C@@H](CCCCN2C(=O)c3ccccc3C2=O)CNC(=O)OCc2ccccc2)C(=O)OC1(c1ccccc1)c1ccccc1. The van der Waals surface area contributed by atoms with E-state index >= 15 is 0 Å². The first-order valence-corrected chi connectivity index (χ1v) is 17.3. The molecule has 0 unspecified atom stereocenters. The zero-order chi connectivity index (χ0) is 36.0. The van der Waals surface area contributed by atoms with Crippen LogP contribution in [0.1, 0.15) is 70.5 Å². The van der Waals surface area contributed by atoms with Gasteiger partial charge in [-0.25, -0.2) is 14.5 Å². The van der Waals surface area contributed by atoms with Crippen molar-refractivity contribution in [2.45, 2.75) is 51.4 Å². The Hall–Kier alpha value is -5.77. The number of carbonyl (C=O) groups is 5. The fourth-order valence-corrected chi connectivity index (χ4v) is 7.13. The van der Waals surface area contributed by atoms with E-state index < -0.39 is 35.7 Å². The molecule has 2 aliphatic heterocycles. The van der Waals surface area contributed by atoms with E-state index in [2.05, 4.69) is 5.32 Å². The van der Waals surface area contributed by atoms with Gasteiger partial charge in [0.25, 0.3) is 11.8 Å². The van der Waals surface area contributed by atoms with Gasteiger partial charge in [-0.3, -0.25) is 19.3 Å². The highest BCUT2D eigenvalue weighted by Crippen LogP contribution is 2.47. The van der Waals surface area contributed by atoms with Crippen LogP contribution in [0.25, 0.3) is 0 Å². The molecule has 262 valence electrons. The summed E-state index contributed by atoms with van der Waals surface area (Å²) in [7, 11) is 0. The number of fused-ring (bicyclic) bond motifs is 1. The van der Waals surface area contributed by atoms with E-state index in [1.54, 1.807) is 24.3 Å². The Morgan fingerprint density at radius 2 is 1.29 bits per heavy atom. The highest BCUT2D eigenvalue weighted by Gasteiger charge is 2.59. The lowest BCUT2D eigenvalue weighted by molar-refractivity contribution is -0.134. The van der Waals surface area contributed by atoms with Gasteiger partial charge in [0.2, 0.25) is 5.91 Å². The quantitative estimate of drug-likeness (QED) is 0.119. The van der Waals surface area contributed by atoms with Crippen LogP contribution < -0.4 is 5.32 Å². The summed E-state index contributed by atoms with van der Waals surface area (Å²) in [5.74, 6) is -2.24. The van der Waals surface area contributed by atoms with E-state index in [-0.39, 0.29) is 43.8 Å². The molecule has 4 aromatic carbocycles. The maximum atomic E-state index is 14.6. The second-order valence-electron chi connectivity index (χ2n) is 13.2. The number of imide groups is 2. The fourth-order valence-electron chi connectivity index (χ4n) is 7.13. The summed E-state index contributed by atoms with van der Waals surface area (Å²) in [6, 6.07) is 34.1. The van der Waals surface area contributed by atoms with Crippen LogP contribution in [0.3, 0.4) is 0 Å². The van der Waals surface area contributed by atoms with Crippen LogP contribution in [0.4, 0.5) is 9.59 Å². The summed E-state index contributed by atoms with van der Waals surface area (Å²) in [4.78, 5) is 69.7. The lowest BCUT2D eigenvalue weighted by Gasteiger charge is -2.38. The van der Waals surface area contributed by atoms with Crippen molar-refractivity contribution in [3.05, 3.63) is 143 Å². The first-order chi connectivity index (χ1) is 24.7. The van der Waals surface area contributed by atoms with Crippen molar-refractivity contribution < 1.29 is 33.4 Å². The molecule has 6 rings (SSSR count). The maximum Gasteiger partial charge on any atom is 0.418 e. The molecule has 0 radical (unpaired) electrons. The zero-order valence-electron chi connectivity index (χ0n) is 28.7. The summed E-state index contributed by atoms with van der Waals surface area (Å²) in [5, 5.41) is 2.73. The van der Waals surface area contributed by atoms with Gasteiger partial charge in [0.1, 0.15) is 6.61 Å². The highest BCUT2D eigenvalue weighted by molar-refractivity contribution is 6.21. The Morgan fingerprint density at radius 3 is 1.84 bits per heavy atom. The molecule has 0 aromatic heterocycles. The molecule has 4 aromatic rings. The number of amides is 5. The molecule has 0 saturated carbocycles. The second-order valence-corrected chi connectivity index (χ2v) is 13.2. The van der Waals surface area contributed by atoms with E-state index in [1.165, 1.54) is 9.80 Å². The average Bonchev–Trinajstić information content (AvgIpc) is 3.61. The molecule has 1 saturated heterocycles. The molecule has 1 fully saturated rings. The summed E-state index contributed by atoms with van der Waals surface area (Å²) in [6.07, 6.45) is -0.352. The minimum Gasteiger partial charge on any atom is -0.445 e. The van der Waals surface area contributed by atoms with Crippen molar-refractivity contribution in [2.75, 3.05) is 13.1 Å². The molecule has 0 bridgehead atoms. The minimum atomic E-state index is -1.28. The summed E-state index contributed by atoms with van der Waals surface area (Å²) < 4.78 is 11.7. The normalized spacial score (nSPS) is 16.9. The Morgan fingerprint density at radius 1 is 0.765 bits per heavy atom. The third kappa shape index (κ3) is 7.12. The van der Waals surface area contributed by atoms with E-state index in [4.69, 9.17) is 9.47 Å². The third-order valence-electron chi connectivity index (χ3n) is 9.53. The van der Waals surface area contributed by atoms with Crippen molar-refractivity contribution in [3.8, 4) is 0 Å². The zero-order valence-corrected chi connectivity index (χ0v) is 28.7. The van der Waals surface area contributed by atoms with Crippen LogP contribution in [0.2, 0.25) is 0 Å². The smallest absolute Gasteiger partial charge is 0.418 e. The average molecular weight is 688 g/mol. The molecule has 10 nitrogen and oxygen atoms in total.